The van der Waals surface area contributed by atoms with E-state index in [1.165, 1.54) is 16.0 Å². The van der Waals surface area contributed by atoms with E-state index in [1.54, 1.807) is 11.3 Å². The molecule has 2 rings (SSSR count). The zero-order valence-corrected chi connectivity index (χ0v) is 14.6. The predicted octanol–water partition coefficient (Wildman–Crippen LogP) is 5.05. The topological polar surface area (TPSA) is 24.1 Å². The first-order valence-electron chi connectivity index (χ1n) is 7.16. The van der Waals surface area contributed by atoms with Crippen LogP contribution in [0.4, 0.5) is 5.69 Å². The maximum Gasteiger partial charge on any atom is 0.171 e. The molecule has 1 aromatic heterocycles. The maximum absolute atomic E-state index is 5.49. The summed E-state index contributed by atoms with van der Waals surface area (Å²) in [4.78, 5) is 1.31. The number of hydrogen-bond donors (Lipinski definition) is 2. The Morgan fingerprint density at radius 1 is 1.14 bits per heavy atom. The number of nitrogens with one attached hydrogen (secondary N) is 2. The third-order valence-corrected chi connectivity index (χ3v) is 4.83. The highest BCUT2D eigenvalue weighted by atomic mass is 32.1. The minimum atomic E-state index is 0.245. The van der Waals surface area contributed by atoms with Gasteiger partial charge in [0.25, 0.3) is 0 Å². The van der Waals surface area contributed by atoms with Gasteiger partial charge in [0.05, 0.1) is 6.04 Å². The molecule has 0 aliphatic heterocycles. The standard InChI is InChI=1S/C17H22N2S2/c1-11(2)16(15-9-6-10-21-15)19-17(20)18-14-8-5-7-12(3)13(14)4/h5-11,16H,1-4H3,(H2,18,19,20)/t16-/m0/s1. The van der Waals surface area contributed by atoms with Gasteiger partial charge in [-0.2, -0.15) is 0 Å². The first-order chi connectivity index (χ1) is 9.99. The molecular formula is C17H22N2S2. The number of thiophene rings is 1. The van der Waals surface area contributed by atoms with Crippen LogP contribution in [0.5, 0.6) is 0 Å². The number of anilines is 1. The Bertz CT molecular complexity index is 603. The van der Waals surface area contributed by atoms with Gasteiger partial charge >= 0.3 is 0 Å². The van der Waals surface area contributed by atoms with E-state index in [0.717, 1.165) is 5.69 Å². The predicted molar refractivity (Wildman–Crippen MR) is 97.2 cm³/mol. The van der Waals surface area contributed by atoms with E-state index < -0.39 is 0 Å². The average Bonchev–Trinajstić information content (AvgIpc) is 2.95. The zero-order chi connectivity index (χ0) is 15.4. The highest BCUT2D eigenvalue weighted by molar-refractivity contribution is 7.80. The van der Waals surface area contributed by atoms with E-state index in [2.05, 4.69) is 68.0 Å². The van der Waals surface area contributed by atoms with Gasteiger partial charge in [-0.1, -0.05) is 32.0 Å². The Kier molecular flexibility index (Phi) is 5.37. The summed E-state index contributed by atoms with van der Waals surface area (Å²) >= 11 is 7.25. The van der Waals surface area contributed by atoms with Crippen LogP contribution in [0.3, 0.4) is 0 Å². The van der Waals surface area contributed by atoms with Crippen molar-refractivity contribution in [2.45, 2.75) is 33.7 Å². The van der Waals surface area contributed by atoms with Crippen molar-refractivity contribution in [1.29, 1.82) is 0 Å². The molecule has 0 fully saturated rings. The Balaban J connectivity index is 2.08. The number of rotatable bonds is 4. The second-order valence-electron chi connectivity index (χ2n) is 5.58. The molecule has 21 heavy (non-hydrogen) atoms. The second kappa shape index (κ2) is 7.05. The fraction of sp³-hybridized carbons (Fsp3) is 0.353. The van der Waals surface area contributed by atoms with Crippen molar-refractivity contribution in [3.05, 3.63) is 51.7 Å². The summed E-state index contributed by atoms with van der Waals surface area (Å²) in [5.74, 6) is 0.474. The van der Waals surface area contributed by atoms with Crippen LogP contribution >= 0.6 is 23.6 Å². The summed E-state index contributed by atoms with van der Waals surface area (Å²) in [6.45, 7) is 8.63. The van der Waals surface area contributed by atoms with Crippen molar-refractivity contribution >= 4 is 34.4 Å². The molecule has 1 heterocycles. The summed E-state index contributed by atoms with van der Waals surface area (Å²) in [5.41, 5.74) is 3.57. The molecule has 0 amide bonds. The molecule has 1 aromatic carbocycles. The third-order valence-electron chi connectivity index (χ3n) is 3.66. The van der Waals surface area contributed by atoms with E-state index in [1.807, 2.05) is 6.07 Å². The first-order valence-corrected chi connectivity index (χ1v) is 8.45. The maximum atomic E-state index is 5.49. The molecular weight excluding hydrogens is 296 g/mol. The smallest absolute Gasteiger partial charge is 0.171 e. The Morgan fingerprint density at radius 3 is 2.52 bits per heavy atom. The summed E-state index contributed by atoms with van der Waals surface area (Å²) in [6.07, 6.45) is 0. The highest BCUT2D eigenvalue weighted by Gasteiger charge is 2.17. The number of benzene rings is 1. The molecule has 2 N–H and O–H groups in total. The Morgan fingerprint density at radius 2 is 1.90 bits per heavy atom. The molecule has 0 bridgehead atoms. The van der Waals surface area contributed by atoms with Gasteiger partial charge in [-0.25, -0.2) is 0 Å². The van der Waals surface area contributed by atoms with Crippen LogP contribution < -0.4 is 10.6 Å². The molecule has 0 aliphatic rings. The van der Waals surface area contributed by atoms with Crippen molar-refractivity contribution in [1.82, 2.24) is 5.32 Å². The van der Waals surface area contributed by atoms with Gasteiger partial charge in [0, 0.05) is 10.6 Å². The molecule has 0 saturated heterocycles. The highest BCUT2D eigenvalue weighted by Crippen LogP contribution is 2.26. The van der Waals surface area contributed by atoms with Gasteiger partial charge < -0.3 is 10.6 Å². The van der Waals surface area contributed by atoms with E-state index in [-0.39, 0.29) is 6.04 Å². The van der Waals surface area contributed by atoms with Crippen molar-refractivity contribution < 1.29 is 0 Å². The lowest BCUT2D eigenvalue weighted by molar-refractivity contribution is 0.480. The molecule has 112 valence electrons. The SMILES string of the molecule is Cc1cccc(NC(=S)N[C@H](c2cccs2)C(C)C)c1C. The number of aryl methyl sites for hydroxylation is 1. The summed E-state index contributed by atoms with van der Waals surface area (Å²) in [6, 6.07) is 10.7. The molecule has 0 aliphatic carbocycles. The van der Waals surface area contributed by atoms with Crippen molar-refractivity contribution in [3.63, 3.8) is 0 Å². The molecule has 4 heteroatoms. The van der Waals surface area contributed by atoms with Crippen LogP contribution in [-0.4, -0.2) is 5.11 Å². The second-order valence-corrected chi connectivity index (χ2v) is 6.97. The normalized spacial score (nSPS) is 12.2. The molecule has 0 saturated carbocycles. The van der Waals surface area contributed by atoms with Crippen molar-refractivity contribution in [2.75, 3.05) is 5.32 Å². The molecule has 1 atom stereocenters. The minimum absolute atomic E-state index is 0.245. The van der Waals surface area contributed by atoms with Crippen LogP contribution in [0, 0.1) is 19.8 Å². The van der Waals surface area contributed by atoms with Crippen LogP contribution in [0.25, 0.3) is 0 Å². The number of thiocarbonyl (C=S) groups is 1. The molecule has 0 spiro atoms. The number of hydrogen-bond acceptors (Lipinski definition) is 2. The fourth-order valence-corrected chi connectivity index (χ4v) is 3.41. The van der Waals surface area contributed by atoms with Gasteiger partial charge in [-0.3, -0.25) is 0 Å². The molecule has 2 nitrogen and oxygen atoms in total. The third kappa shape index (κ3) is 4.05. The Hall–Kier alpha value is -1.39. The van der Waals surface area contributed by atoms with Crippen molar-refractivity contribution in [3.8, 4) is 0 Å². The molecule has 0 radical (unpaired) electrons. The van der Waals surface area contributed by atoms with Crippen LogP contribution in [-0.2, 0) is 0 Å². The lowest BCUT2D eigenvalue weighted by Gasteiger charge is -2.23. The zero-order valence-electron chi connectivity index (χ0n) is 12.9. The van der Waals surface area contributed by atoms with Crippen LogP contribution in [0.15, 0.2) is 35.7 Å². The van der Waals surface area contributed by atoms with Crippen molar-refractivity contribution in [2.24, 2.45) is 5.92 Å². The average molecular weight is 319 g/mol. The summed E-state index contributed by atoms with van der Waals surface area (Å²) < 4.78 is 0. The minimum Gasteiger partial charge on any atom is -0.355 e. The largest absolute Gasteiger partial charge is 0.355 e. The van der Waals surface area contributed by atoms with Gasteiger partial charge in [-0.05, 0) is 60.6 Å². The Labute approximate surface area is 136 Å². The van der Waals surface area contributed by atoms with E-state index >= 15 is 0 Å². The summed E-state index contributed by atoms with van der Waals surface area (Å²) in [7, 11) is 0. The van der Waals surface area contributed by atoms with Gasteiger partial charge in [0.2, 0.25) is 0 Å². The lowest BCUT2D eigenvalue weighted by Crippen LogP contribution is -2.34. The van der Waals surface area contributed by atoms with Gasteiger partial charge in [-0.15, -0.1) is 11.3 Å². The molecule has 2 aromatic rings. The van der Waals surface area contributed by atoms with E-state index in [0.29, 0.717) is 11.0 Å². The van der Waals surface area contributed by atoms with E-state index in [9.17, 15) is 0 Å². The van der Waals surface area contributed by atoms with E-state index in [4.69, 9.17) is 12.2 Å². The quantitative estimate of drug-likeness (QED) is 0.772. The van der Waals surface area contributed by atoms with Crippen LogP contribution in [0.1, 0.15) is 35.9 Å². The summed E-state index contributed by atoms with van der Waals surface area (Å²) in [5, 5.41) is 9.55. The first kappa shape index (κ1) is 16.0. The fourth-order valence-electron chi connectivity index (χ4n) is 2.22. The molecule has 0 unspecified atom stereocenters. The van der Waals surface area contributed by atoms with Gasteiger partial charge in [0.1, 0.15) is 0 Å². The van der Waals surface area contributed by atoms with Gasteiger partial charge in [0.15, 0.2) is 5.11 Å². The lowest BCUT2D eigenvalue weighted by atomic mass is 10.0. The monoisotopic (exact) mass is 318 g/mol. The van der Waals surface area contributed by atoms with Crippen LogP contribution in [0.2, 0.25) is 0 Å².